The second kappa shape index (κ2) is 6.10. The van der Waals surface area contributed by atoms with E-state index in [4.69, 9.17) is 5.73 Å². The summed E-state index contributed by atoms with van der Waals surface area (Å²) in [6.07, 6.45) is 2.05. The molecular formula is C19H13IN4. The Morgan fingerprint density at radius 1 is 1.17 bits per heavy atom. The van der Waals surface area contributed by atoms with Gasteiger partial charge in [-0.05, 0) is 70.9 Å². The zero-order chi connectivity index (χ0) is 17.4. The number of nitrogens with two attached hydrogens (primary N) is 1. The summed E-state index contributed by atoms with van der Waals surface area (Å²) in [4.78, 5) is 4.33. The number of hydrogen-bond acceptors (Lipinski definition) is 4. The predicted molar refractivity (Wildman–Crippen MR) is 103 cm³/mol. The van der Waals surface area contributed by atoms with E-state index in [-0.39, 0.29) is 5.82 Å². The predicted octanol–water partition coefficient (Wildman–Crippen LogP) is 4.30. The van der Waals surface area contributed by atoms with Crippen LogP contribution in [0.4, 0.5) is 5.82 Å². The van der Waals surface area contributed by atoms with E-state index >= 15 is 0 Å². The second-order valence-electron chi connectivity index (χ2n) is 5.52. The molecule has 2 N–H and O–H groups in total. The Hall–Kier alpha value is -2.64. The van der Waals surface area contributed by atoms with Crippen molar-refractivity contribution in [2.75, 3.05) is 5.73 Å². The monoisotopic (exact) mass is 424 g/mol. The highest BCUT2D eigenvalue weighted by Crippen LogP contribution is 2.44. The molecule has 0 amide bonds. The maximum Gasteiger partial charge on any atom is 0.142 e. The van der Waals surface area contributed by atoms with E-state index in [0.29, 0.717) is 16.8 Å². The Morgan fingerprint density at radius 2 is 1.88 bits per heavy atom. The molecule has 1 aliphatic carbocycles. The van der Waals surface area contributed by atoms with E-state index in [2.05, 4.69) is 39.7 Å². The third kappa shape index (κ3) is 2.38. The minimum Gasteiger partial charge on any atom is -0.383 e. The number of pyridine rings is 1. The Morgan fingerprint density at radius 3 is 2.50 bits per heavy atom. The molecule has 0 saturated heterocycles. The number of fused-ring (bicyclic) bond motifs is 1. The molecule has 1 aromatic heterocycles. The minimum absolute atomic E-state index is 0.171. The van der Waals surface area contributed by atoms with Gasteiger partial charge in [0.05, 0.1) is 16.8 Å². The van der Waals surface area contributed by atoms with Crippen LogP contribution in [0.15, 0.2) is 29.8 Å². The minimum atomic E-state index is 0.171. The number of nitrogens with zero attached hydrogens (tertiary/aromatic N) is 3. The molecule has 24 heavy (non-hydrogen) atoms. The zero-order valence-electron chi connectivity index (χ0n) is 13.2. The van der Waals surface area contributed by atoms with Gasteiger partial charge in [-0.2, -0.15) is 10.5 Å². The number of nitriles is 2. The van der Waals surface area contributed by atoms with Gasteiger partial charge in [-0.1, -0.05) is 18.2 Å². The average molecular weight is 424 g/mol. The van der Waals surface area contributed by atoms with E-state index in [1.54, 1.807) is 0 Å². The molecule has 5 heteroatoms. The lowest BCUT2D eigenvalue weighted by atomic mass is 9.95. The first kappa shape index (κ1) is 16.2. The van der Waals surface area contributed by atoms with Crippen LogP contribution in [-0.4, -0.2) is 4.98 Å². The zero-order valence-corrected chi connectivity index (χ0v) is 15.3. The van der Waals surface area contributed by atoms with E-state index < -0.39 is 0 Å². The summed E-state index contributed by atoms with van der Waals surface area (Å²) in [6, 6.07) is 12.4. The van der Waals surface area contributed by atoms with Gasteiger partial charge in [0.25, 0.3) is 0 Å². The van der Waals surface area contributed by atoms with Gasteiger partial charge in [0.1, 0.15) is 18.0 Å². The summed E-state index contributed by atoms with van der Waals surface area (Å²) in [7, 11) is 0. The van der Waals surface area contributed by atoms with Gasteiger partial charge in [0.15, 0.2) is 0 Å². The molecule has 0 aliphatic heterocycles. The number of rotatable bonds is 1. The quantitative estimate of drug-likeness (QED) is 0.692. The molecule has 1 aromatic carbocycles. The maximum atomic E-state index is 9.55. The molecule has 0 unspecified atom stereocenters. The van der Waals surface area contributed by atoms with E-state index in [1.165, 1.54) is 0 Å². The van der Waals surface area contributed by atoms with Crippen LogP contribution in [0.25, 0.3) is 17.2 Å². The third-order valence-corrected chi connectivity index (χ3v) is 5.17. The first-order valence-electron chi connectivity index (χ1n) is 7.28. The molecule has 116 valence electrons. The number of halogens is 1. The fraction of sp³-hybridized carbons (Fsp3) is 0.105. The number of benzene rings is 1. The van der Waals surface area contributed by atoms with Crippen LogP contribution in [0.2, 0.25) is 0 Å². The molecule has 3 rings (SSSR count). The first-order chi connectivity index (χ1) is 11.5. The van der Waals surface area contributed by atoms with Crippen molar-refractivity contribution in [1.82, 2.24) is 4.98 Å². The summed E-state index contributed by atoms with van der Waals surface area (Å²) in [5.74, 6) is 0.171. The summed E-state index contributed by atoms with van der Waals surface area (Å²) in [6.45, 7) is 3.76. The fourth-order valence-electron chi connectivity index (χ4n) is 2.94. The van der Waals surface area contributed by atoms with Crippen molar-refractivity contribution in [1.29, 1.82) is 10.5 Å². The molecule has 0 radical (unpaired) electrons. The number of nitrogen functional groups attached to an aromatic ring is 1. The summed E-state index contributed by atoms with van der Waals surface area (Å²) < 4.78 is 1.11. The molecule has 0 saturated carbocycles. The molecule has 0 spiro atoms. The van der Waals surface area contributed by atoms with Crippen molar-refractivity contribution in [2.45, 2.75) is 13.8 Å². The summed E-state index contributed by atoms with van der Waals surface area (Å²) in [5.41, 5.74) is 11.8. The molecule has 1 heterocycles. The largest absolute Gasteiger partial charge is 0.383 e. The van der Waals surface area contributed by atoms with Gasteiger partial charge < -0.3 is 5.73 Å². The van der Waals surface area contributed by atoms with Crippen LogP contribution in [0.5, 0.6) is 0 Å². The van der Waals surface area contributed by atoms with Gasteiger partial charge >= 0.3 is 0 Å². The lowest BCUT2D eigenvalue weighted by Gasteiger charge is -2.11. The lowest BCUT2D eigenvalue weighted by Crippen LogP contribution is -2.03. The Labute approximate surface area is 154 Å². The second-order valence-corrected chi connectivity index (χ2v) is 6.69. The van der Waals surface area contributed by atoms with Crippen LogP contribution in [0, 0.1) is 33.2 Å². The van der Waals surface area contributed by atoms with Crippen molar-refractivity contribution < 1.29 is 0 Å². The first-order valence-corrected chi connectivity index (χ1v) is 8.36. The molecule has 0 atom stereocenters. The van der Waals surface area contributed by atoms with Crippen molar-refractivity contribution >= 4 is 45.6 Å². The fourth-order valence-corrected chi connectivity index (χ4v) is 3.49. The normalized spacial score (nSPS) is 14.5. The molecule has 4 nitrogen and oxygen atoms in total. The Balaban J connectivity index is 2.36. The van der Waals surface area contributed by atoms with Crippen LogP contribution in [0.3, 0.4) is 0 Å². The number of aromatic nitrogens is 1. The standard InChI is InChI=1S/C19H13IN4/c1-10-13(7-12-5-3-4-6-16(12)20)17-11(2)15(9-22)19(23)24-18(17)14(10)8-21/h3-7H,1-2H3,(H2,23,24)/b13-7-. The lowest BCUT2D eigenvalue weighted by molar-refractivity contribution is 1.22. The Kier molecular flexibility index (Phi) is 4.13. The molecular weight excluding hydrogens is 411 g/mol. The Bertz CT molecular complexity index is 1020. The highest BCUT2D eigenvalue weighted by Gasteiger charge is 2.29. The van der Waals surface area contributed by atoms with Gasteiger partial charge in [-0.3, -0.25) is 0 Å². The van der Waals surface area contributed by atoms with Crippen LogP contribution in [-0.2, 0) is 0 Å². The van der Waals surface area contributed by atoms with Crippen molar-refractivity contribution in [3.8, 4) is 12.1 Å². The van der Waals surface area contributed by atoms with Crippen molar-refractivity contribution in [2.24, 2.45) is 0 Å². The van der Waals surface area contributed by atoms with Crippen molar-refractivity contribution in [3.63, 3.8) is 0 Å². The topological polar surface area (TPSA) is 86.5 Å². The van der Waals surface area contributed by atoms with Gasteiger partial charge in [-0.25, -0.2) is 4.98 Å². The van der Waals surface area contributed by atoms with Crippen LogP contribution < -0.4 is 5.73 Å². The smallest absolute Gasteiger partial charge is 0.142 e. The third-order valence-electron chi connectivity index (χ3n) is 4.19. The van der Waals surface area contributed by atoms with Crippen LogP contribution in [0.1, 0.15) is 34.9 Å². The van der Waals surface area contributed by atoms with Crippen LogP contribution >= 0.6 is 22.6 Å². The summed E-state index contributed by atoms with van der Waals surface area (Å²) in [5, 5.41) is 18.9. The number of allylic oxidation sites excluding steroid dienone is 3. The highest BCUT2D eigenvalue weighted by molar-refractivity contribution is 14.1. The molecule has 0 fully saturated rings. The highest BCUT2D eigenvalue weighted by atomic mass is 127. The van der Waals surface area contributed by atoms with Crippen molar-refractivity contribution in [3.05, 3.63) is 61.4 Å². The molecule has 2 aromatic rings. The SMILES string of the molecule is CC1=C(C#N)c2nc(N)c(C#N)c(C)c2/C1=C\c1ccccc1I. The number of anilines is 1. The van der Waals surface area contributed by atoms with E-state index in [9.17, 15) is 10.5 Å². The van der Waals surface area contributed by atoms with Gasteiger partial charge in [-0.15, -0.1) is 0 Å². The summed E-state index contributed by atoms with van der Waals surface area (Å²) >= 11 is 2.28. The molecule has 0 bridgehead atoms. The van der Waals surface area contributed by atoms with E-state index in [0.717, 1.165) is 31.4 Å². The average Bonchev–Trinajstić information content (AvgIpc) is 2.81. The van der Waals surface area contributed by atoms with Gasteiger partial charge in [0.2, 0.25) is 0 Å². The molecule has 1 aliphatic rings. The van der Waals surface area contributed by atoms with E-state index in [1.807, 2.05) is 44.2 Å². The maximum absolute atomic E-state index is 9.55. The van der Waals surface area contributed by atoms with Gasteiger partial charge in [0, 0.05) is 9.13 Å². The number of hydrogen-bond donors (Lipinski definition) is 1.